The topological polar surface area (TPSA) is 95.2 Å². The largest absolute Gasteiger partial charge is 0.358 e. The highest BCUT2D eigenvalue weighted by atomic mass is 32.1. The SMILES string of the molecule is C=C(CC(C)C)Nc1cncc(-c2cc3c(-c4cc5c(-c6ccc(C)s6)nccc5[nH]4)n[nH]c3cn2)c1. The Balaban J connectivity index is 1.38. The van der Waals surface area contributed by atoms with Gasteiger partial charge in [0.05, 0.1) is 45.6 Å². The maximum Gasteiger partial charge on any atom is 0.116 e. The molecule has 0 aliphatic carbocycles. The molecule has 0 aliphatic heterocycles. The number of nitrogens with one attached hydrogen (secondary N) is 3. The van der Waals surface area contributed by atoms with Gasteiger partial charge in [-0.15, -0.1) is 11.3 Å². The quantitative estimate of drug-likeness (QED) is 0.208. The van der Waals surface area contributed by atoms with Crippen LogP contribution in [0.1, 0.15) is 25.1 Å². The second-order valence-electron chi connectivity index (χ2n) is 9.69. The molecule has 0 saturated carbocycles. The lowest BCUT2D eigenvalue weighted by Gasteiger charge is -2.12. The minimum Gasteiger partial charge on any atom is -0.358 e. The number of aromatic nitrogens is 6. The second-order valence-corrected chi connectivity index (χ2v) is 11.0. The number of aryl methyl sites for hydroxylation is 1. The summed E-state index contributed by atoms with van der Waals surface area (Å²) in [6.07, 6.45) is 8.21. The van der Waals surface area contributed by atoms with Gasteiger partial charge < -0.3 is 10.3 Å². The lowest BCUT2D eigenvalue weighted by Crippen LogP contribution is -2.02. The fourth-order valence-electron chi connectivity index (χ4n) is 4.62. The molecule has 0 aromatic carbocycles. The number of hydrogen-bond donors (Lipinski definition) is 3. The van der Waals surface area contributed by atoms with Crippen LogP contribution in [-0.4, -0.2) is 30.1 Å². The van der Waals surface area contributed by atoms with Crippen LogP contribution in [0.4, 0.5) is 5.69 Å². The molecular weight excluding hydrogens is 478 g/mol. The average molecular weight is 506 g/mol. The Bertz CT molecular complexity index is 1750. The van der Waals surface area contributed by atoms with Gasteiger partial charge >= 0.3 is 0 Å². The van der Waals surface area contributed by atoms with Crippen LogP contribution in [0.25, 0.3) is 55.0 Å². The van der Waals surface area contributed by atoms with Gasteiger partial charge in [0, 0.05) is 44.8 Å². The molecule has 0 aliphatic rings. The van der Waals surface area contributed by atoms with Crippen LogP contribution >= 0.6 is 11.3 Å². The number of pyridine rings is 3. The average Bonchev–Trinajstić information content (AvgIpc) is 3.60. The number of allylic oxidation sites excluding steroid dienone is 1. The highest BCUT2D eigenvalue weighted by molar-refractivity contribution is 7.15. The fraction of sp³-hybridized carbons (Fsp3) is 0.172. The summed E-state index contributed by atoms with van der Waals surface area (Å²) in [4.78, 5) is 19.7. The van der Waals surface area contributed by atoms with Crippen LogP contribution in [-0.2, 0) is 0 Å². The van der Waals surface area contributed by atoms with Crippen molar-refractivity contribution in [2.75, 3.05) is 5.32 Å². The van der Waals surface area contributed by atoms with Gasteiger partial charge in [-0.25, -0.2) is 0 Å². The molecule has 0 bridgehead atoms. The third-order valence-corrected chi connectivity index (χ3v) is 7.24. The van der Waals surface area contributed by atoms with Gasteiger partial charge in [0.15, 0.2) is 0 Å². The molecule has 0 spiro atoms. The van der Waals surface area contributed by atoms with Crippen LogP contribution in [0, 0.1) is 12.8 Å². The lowest BCUT2D eigenvalue weighted by molar-refractivity contribution is 0.645. The van der Waals surface area contributed by atoms with Crippen molar-refractivity contribution in [1.82, 2.24) is 30.1 Å². The number of aromatic amines is 2. The maximum atomic E-state index is 4.68. The molecule has 0 fully saturated rings. The Labute approximate surface area is 218 Å². The van der Waals surface area contributed by atoms with Gasteiger partial charge in [-0.05, 0) is 55.7 Å². The van der Waals surface area contributed by atoms with Gasteiger partial charge in [0.2, 0.25) is 0 Å². The van der Waals surface area contributed by atoms with Crippen molar-refractivity contribution in [3.8, 4) is 33.2 Å². The third kappa shape index (κ3) is 4.51. The van der Waals surface area contributed by atoms with E-state index in [0.717, 1.165) is 72.8 Å². The highest BCUT2D eigenvalue weighted by Crippen LogP contribution is 2.36. The number of thiophene rings is 1. The summed E-state index contributed by atoms with van der Waals surface area (Å²) in [6, 6.07) is 12.5. The van der Waals surface area contributed by atoms with Crippen molar-refractivity contribution >= 4 is 38.8 Å². The molecule has 6 rings (SSSR count). The van der Waals surface area contributed by atoms with Crippen molar-refractivity contribution in [3.05, 3.63) is 78.3 Å². The summed E-state index contributed by atoms with van der Waals surface area (Å²) < 4.78 is 0. The van der Waals surface area contributed by atoms with E-state index in [4.69, 9.17) is 0 Å². The monoisotopic (exact) mass is 505 g/mol. The summed E-state index contributed by atoms with van der Waals surface area (Å²) in [6.45, 7) is 10.6. The summed E-state index contributed by atoms with van der Waals surface area (Å²) in [5, 5.41) is 13.2. The summed E-state index contributed by atoms with van der Waals surface area (Å²) in [5.41, 5.74) is 8.28. The predicted molar refractivity (Wildman–Crippen MR) is 152 cm³/mol. The van der Waals surface area contributed by atoms with E-state index in [1.165, 1.54) is 4.88 Å². The van der Waals surface area contributed by atoms with Gasteiger partial charge in [-0.3, -0.25) is 20.1 Å². The van der Waals surface area contributed by atoms with Crippen molar-refractivity contribution in [2.24, 2.45) is 5.92 Å². The number of rotatable bonds is 7. The first-order valence-corrected chi connectivity index (χ1v) is 13.1. The van der Waals surface area contributed by atoms with Crippen LogP contribution in [0.3, 0.4) is 0 Å². The van der Waals surface area contributed by atoms with Crippen LogP contribution in [0.15, 0.2) is 73.5 Å². The van der Waals surface area contributed by atoms with Crippen molar-refractivity contribution < 1.29 is 0 Å². The Hall–Kier alpha value is -4.30. The molecule has 184 valence electrons. The Morgan fingerprint density at radius 3 is 2.68 bits per heavy atom. The molecule has 0 radical (unpaired) electrons. The van der Waals surface area contributed by atoms with E-state index in [9.17, 15) is 0 Å². The normalized spacial score (nSPS) is 11.6. The van der Waals surface area contributed by atoms with E-state index in [0.29, 0.717) is 5.92 Å². The third-order valence-electron chi connectivity index (χ3n) is 6.23. The zero-order valence-electron chi connectivity index (χ0n) is 21.0. The molecule has 0 unspecified atom stereocenters. The highest BCUT2D eigenvalue weighted by Gasteiger charge is 2.16. The number of nitrogens with zero attached hydrogens (tertiary/aromatic N) is 4. The summed E-state index contributed by atoms with van der Waals surface area (Å²) >= 11 is 1.75. The van der Waals surface area contributed by atoms with E-state index in [-0.39, 0.29) is 0 Å². The van der Waals surface area contributed by atoms with E-state index in [1.54, 1.807) is 11.3 Å². The molecule has 0 saturated heterocycles. The Kier molecular flexibility index (Phi) is 5.81. The first-order valence-electron chi connectivity index (χ1n) is 12.2. The Morgan fingerprint density at radius 1 is 1.00 bits per heavy atom. The zero-order valence-corrected chi connectivity index (χ0v) is 21.8. The zero-order chi connectivity index (χ0) is 25.5. The number of H-pyrrole nitrogens is 2. The molecule has 0 amide bonds. The fourth-order valence-corrected chi connectivity index (χ4v) is 5.49. The molecule has 6 aromatic rings. The van der Waals surface area contributed by atoms with E-state index in [1.807, 2.05) is 30.9 Å². The summed E-state index contributed by atoms with van der Waals surface area (Å²) in [7, 11) is 0. The first-order chi connectivity index (χ1) is 17.9. The molecule has 6 heterocycles. The van der Waals surface area contributed by atoms with Gasteiger partial charge in [-0.1, -0.05) is 20.4 Å². The van der Waals surface area contributed by atoms with Crippen molar-refractivity contribution in [3.63, 3.8) is 0 Å². The smallest absolute Gasteiger partial charge is 0.116 e. The van der Waals surface area contributed by atoms with Gasteiger partial charge in [-0.2, -0.15) is 5.10 Å². The van der Waals surface area contributed by atoms with Crippen molar-refractivity contribution in [2.45, 2.75) is 27.2 Å². The minimum absolute atomic E-state index is 0.533. The van der Waals surface area contributed by atoms with Crippen molar-refractivity contribution in [1.29, 1.82) is 0 Å². The molecule has 3 N–H and O–H groups in total. The maximum absolute atomic E-state index is 4.68. The predicted octanol–water partition coefficient (Wildman–Crippen LogP) is 7.57. The van der Waals surface area contributed by atoms with Crippen LogP contribution < -0.4 is 5.32 Å². The van der Waals surface area contributed by atoms with E-state index < -0.39 is 0 Å². The summed E-state index contributed by atoms with van der Waals surface area (Å²) in [5.74, 6) is 0.533. The number of anilines is 1. The molecule has 0 atom stereocenters. The van der Waals surface area contributed by atoms with Gasteiger partial charge in [0.1, 0.15) is 5.69 Å². The van der Waals surface area contributed by atoms with E-state index >= 15 is 0 Å². The molecule has 7 nitrogen and oxygen atoms in total. The molecule has 37 heavy (non-hydrogen) atoms. The standard InChI is InChI=1S/C29H27N7S/c1-16(2)9-17(3)33-20-10-19(13-30-14-20)24-11-22-26(15-32-24)35-36-28(22)25-12-21-23(34-25)7-8-31-29(21)27-6-5-18(4)37-27/h5-8,10-16,33-34H,3,9H2,1-2,4H3,(H,35,36). The van der Waals surface area contributed by atoms with Gasteiger partial charge in [0.25, 0.3) is 0 Å². The molecule has 8 heteroatoms. The van der Waals surface area contributed by atoms with E-state index in [2.05, 4.69) is 93.1 Å². The van der Waals surface area contributed by atoms with Crippen LogP contribution in [0.2, 0.25) is 0 Å². The lowest BCUT2D eigenvalue weighted by atomic mass is 10.1. The molecular formula is C29H27N7S. The number of fused-ring (bicyclic) bond motifs is 2. The minimum atomic E-state index is 0.533. The second kappa shape index (κ2) is 9.29. The van der Waals surface area contributed by atoms with Crippen LogP contribution in [0.5, 0.6) is 0 Å². The number of hydrogen-bond acceptors (Lipinski definition) is 6. The Morgan fingerprint density at radius 2 is 1.86 bits per heavy atom. The first kappa shape index (κ1) is 23.1. The molecule has 6 aromatic heterocycles.